The van der Waals surface area contributed by atoms with Crippen molar-refractivity contribution < 1.29 is 18.6 Å². The fourth-order valence-electron chi connectivity index (χ4n) is 8.47. The second kappa shape index (κ2) is 15.3. The first-order valence-corrected chi connectivity index (χ1v) is 20.7. The van der Waals surface area contributed by atoms with Crippen molar-refractivity contribution in [3.63, 3.8) is 0 Å². The van der Waals surface area contributed by atoms with Crippen molar-refractivity contribution in [2.75, 3.05) is 0 Å². The maximum atomic E-state index is 6.65. The highest BCUT2D eigenvalue weighted by Crippen LogP contribution is 2.55. The van der Waals surface area contributed by atoms with Crippen molar-refractivity contribution in [2.45, 2.75) is 189 Å². The summed E-state index contributed by atoms with van der Waals surface area (Å²) in [6.45, 7) is 31.6. The van der Waals surface area contributed by atoms with Gasteiger partial charge >= 0.3 is 14.2 Å². The quantitative estimate of drug-likeness (QED) is 0.164. The minimum absolute atomic E-state index is 0.109. The maximum absolute atomic E-state index is 6.65. The molecule has 0 N–H and O–H groups in total. The Balaban J connectivity index is 1.58. The van der Waals surface area contributed by atoms with Gasteiger partial charge in [-0.1, -0.05) is 116 Å². The summed E-state index contributed by atoms with van der Waals surface area (Å²) in [4.78, 5) is 0. The van der Waals surface area contributed by atoms with E-state index in [2.05, 4.69) is 133 Å². The molecule has 0 aromatic heterocycles. The summed E-state index contributed by atoms with van der Waals surface area (Å²) < 4.78 is 26.6. The lowest BCUT2D eigenvalue weighted by Crippen LogP contribution is -2.41. The number of hydrogen-bond donors (Lipinski definition) is 0. The number of benzene rings is 2. The van der Waals surface area contributed by atoms with E-state index in [4.69, 9.17) is 18.6 Å². The van der Waals surface area contributed by atoms with Crippen LogP contribution in [0.15, 0.2) is 36.4 Å². The van der Waals surface area contributed by atoms with Crippen LogP contribution in [0.3, 0.4) is 0 Å². The van der Waals surface area contributed by atoms with Gasteiger partial charge in [-0.15, -0.1) is 0 Å². The number of rotatable bonds is 16. The molecule has 2 aliphatic heterocycles. The average Bonchev–Trinajstić information content (AvgIpc) is 3.52. The van der Waals surface area contributed by atoms with Crippen molar-refractivity contribution in [1.29, 1.82) is 0 Å². The van der Waals surface area contributed by atoms with Crippen LogP contribution in [0.25, 0.3) is 11.1 Å². The standard InChI is InChI=1S/C45H72B2O4/c1-31(2)17-15-19-33(5)25-27-45(28-26-34(6)20-16-18-32(3)4)39-29-35(46-48-41(7,8)42(9,10)49-46)21-23-37(39)38-24-22-36(30-40(38)45)47-50-43(11,12)44(13,14)51-47/h21-24,29-34H,15-20,25-28H2,1-14H3. The molecule has 2 aromatic rings. The third kappa shape index (κ3) is 8.55. The van der Waals surface area contributed by atoms with Gasteiger partial charge in [0.1, 0.15) is 0 Å². The molecule has 51 heavy (non-hydrogen) atoms. The molecule has 6 heteroatoms. The highest BCUT2D eigenvalue weighted by molar-refractivity contribution is 6.62. The Kier molecular flexibility index (Phi) is 12.2. The van der Waals surface area contributed by atoms with Crippen LogP contribution < -0.4 is 10.9 Å². The van der Waals surface area contributed by atoms with Crippen LogP contribution in [0.5, 0.6) is 0 Å². The molecule has 0 spiro atoms. The molecular formula is C45H72B2O4. The molecular weight excluding hydrogens is 626 g/mol. The maximum Gasteiger partial charge on any atom is 0.494 e. The van der Waals surface area contributed by atoms with Gasteiger partial charge in [-0.3, -0.25) is 0 Å². The van der Waals surface area contributed by atoms with Crippen LogP contribution in [0.2, 0.25) is 0 Å². The molecule has 0 saturated carbocycles. The second-order valence-corrected chi connectivity index (χ2v) is 19.8. The summed E-state index contributed by atoms with van der Waals surface area (Å²) in [6, 6.07) is 14.2. The SMILES string of the molecule is CC(C)CCCC(C)CCC1(CCC(C)CCCC(C)C)c2cc(B3OC(C)(C)C(C)(C)O3)ccc2-c2ccc(B3OC(C)(C)C(C)(C)O3)cc21. The van der Waals surface area contributed by atoms with E-state index in [0.29, 0.717) is 11.8 Å². The van der Waals surface area contributed by atoms with E-state index in [9.17, 15) is 0 Å². The van der Waals surface area contributed by atoms with Gasteiger partial charge in [0.25, 0.3) is 0 Å². The van der Waals surface area contributed by atoms with Gasteiger partial charge in [0.15, 0.2) is 0 Å². The van der Waals surface area contributed by atoms with E-state index in [1.165, 1.54) is 73.6 Å². The van der Waals surface area contributed by atoms with Crippen LogP contribution >= 0.6 is 0 Å². The minimum Gasteiger partial charge on any atom is -0.399 e. The smallest absolute Gasteiger partial charge is 0.399 e. The molecule has 2 saturated heterocycles. The van der Waals surface area contributed by atoms with E-state index < -0.39 is 0 Å². The number of fused-ring (bicyclic) bond motifs is 3. The molecule has 0 bridgehead atoms. The normalized spacial score (nSPS) is 22.1. The van der Waals surface area contributed by atoms with Gasteiger partial charge < -0.3 is 18.6 Å². The molecule has 0 radical (unpaired) electrons. The predicted octanol–water partition coefficient (Wildman–Crippen LogP) is 11.0. The average molecular weight is 699 g/mol. The molecule has 4 nitrogen and oxygen atoms in total. The van der Waals surface area contributed by atoms with Crippen LogP contribution in [0.1, 0.15) is 172 Å². The van der Waals surface area contributed by atoms with Gasteiger partial charge in [0.2, 0.25) is 0 Å². The minimum atomic E-state index is -0.384. The number of hydrogen-bond acceptors (Lipinski definition) is 4. The Hall–Kier alpha value is -1.59. The van der Waals surface area contributed by atoms with Gasteiger partial charge in [-0.2, -0.15) is 0 Å². The first-order valence-electron chi connectivity index (χ1n) is 20.7. The lowest BCUT2D eigenvalue weighted by molar-refractivity contribution is 0.00578. The summed E-state index contributed by atoms with van der Waals surface area (Å²) in [7, 11) is -0.765. The van der Waals surface area contributed by atoms with Crippen molar-refractivity contribution in [3.8, 4) is 11.1 Å². The summed E-state index contributed by atoms with van der Waals surface area (Å²) in [6.07, 6.45) is 12.5. The summed E-state index contributed by atoms with van der Waals surface area (Å²) in [5.41, 5.74) is 6.27. The fraction of sp³-hybridized carbons (Fsp3) is 0.733. The predicted molar refractivity (Wildman–Crippen MR) is 218 cm³/mol. The molecule has 2 unspecified atom stereocenters. The zero-order valence-electron chi connectivity index (χ0n) is 35.1. The Morgan fingerprint density at radius 3 is 1.12 bits per heavy atom. The van der Waals surface area contributed by atoms with Crippen molar-refractivity contribution in [1.82, 2.24) is 0 Å². The third-order valence-electron chi connectivity index (χ3n) is 13.5. The van der Waals surface area contributed by atoms with Crippen LogP contribution in [-0.2, 0) is 24.0 Å². The zero-order chi connectivity index (χ0) is 37.6. The molecule has 2 fully saturated rings. The lowest BCUT2D eigenvalue weighted by Gasteiger charge is -2.35. The molecule has 2 atom stereocenters. The fourth-order valence-corrected chi connectivity index (χ4v) is 8.47. The topological polar surface area (TPSA) is 36.9 Å². The Morgan fingerprint density at radius 2 is 0.804 bits per heavy atom. The highest BCUT2D eigenvalue weighted by Gasteiger charge is 2.54. The van der Waals surface area contributed by atoms with Crippen LogP contribution in [0, 0.1) is 23.7 Å². The van der Waals surface area contributed by atoms with Gasteiger partial charge in [-0.05, 0) is 138 Å². The van der Waals surface area contributed by atoms with Gasteiger partial charge in [0, 0.05) is 5.41 Å². The summed E-state index contributed by atoms with van der Waals surface area (Å²) in [5.74, 6) is 2.87. The van der Waals surface area contributed by atoms with Crippen molar-refractivity contribution in [3.05, 3.63) is 47.5 Å². The first kappa shape index (κ1) is 40.6. The van der Waals surface area contributed by atoms with Gasteiger partial charge in [-0.25, -0.2) is 0 Å². The molecule has 2 aromatic carbocycles. The van der Waals surface area contributed by atoms with E-state index in [-0.39, 0.29) is 42.1 Å². The molecule has 2 heterocycles. The molecule has 282 valence electrons. The summed E-state index contributed by atoms with van der Waals surface area (Å²) >= 11 is 0. The third-order valence-corrected chi connectivity index (χ3v) is 13.5. The van der Waals surface area contributed by atoms with Crippen molar-refractivity contribution in [2.24, 2.45) is 23.7 Å². The first-order chi connectivity index (χ1) is 23.7. The Bertz CT molecular complexity index is 1350. The zero-order valence-corrected chi connectivity index (χ0v) is 35.1. The van der Waals surface area contributed by atoms with Crippen LogP contribution in [0.4, 0.5) is 0 Å². The largest absolute Gasteiger partial charge is 0.494 e. The van der Waals surface area contributed by atoms with E-state index in [0.717, 1.165) is 35.6 Å². The monoisotopic (exact) mass is 699 g/mol. The lowest BCUT2D eigenvalue weighted by atomic mass is 9.66. The van der Waals surface area contributed by atoms with E-state index in [1.807, 2.05) is 0 Å². The Morgan fingerprint density at radius 1 is 0.471 bits per heavy atom. The van der Waals surface area contributed by atoms with Crippen LogP contribution in [-0.4, -0.2) is 36.6 Å². The molecule has 5 rings (SSSR count). The summed E-state index contributed by atoms with van der Waals surface area (Å²) in [5, 5.41) is 0. The highest BCUT2D eigenvalue weighted by atomic mass is 16.7. The van der Waals surface area contributed by atoms with E-state index >= 15 is 0 Å². The molecule has 0 amide bonds. The Labute approximate surface area is 314 Å². The molecule has 3 aliphatic rings. The molecule has 1 aliphatic carbocycles. The van der Waals surface area contributed by atoms with E-state index in [1.54, 1.807) is 0 Å². The van der Waals surface area contributed by atoms with Gasteiger partial charge in [0.05, 0.1) is 22.4 Å². The second-order valence-electron chi connectivity index (χ2n) is 19.8. The van der Waals surface area contributed by atoms with Crippen molar-refractivity contribution >= 4 is 25.2 Å².